The second-order valence-corrected chi connectivity index (χ2v) is 9.49. The topological polar surface area (TPSA) is 52.7 Å². The Morgan fingerprint density at radius 1 is 1.08 bits per heavy atom. The van der Waals surface area contributed by atoms with Gasteiger partial charge in [0.15, 0.2) is 0 Å². The lowest BCUT2D eigenvalue weighted by molar-refractivity contribution is 0.190. The van der Waals surface area contributed by atoms with E-state index in [4.69, 9.17) is 0 Å². The van der Waals surface area contributed by atoms with Gasteiger partial charge >= 0.3 is 0 Å². The van der Waals surface area contributed by atoms with Crippen molar-refractivity contribution in [3.05, 3.63) is 29.8 Å². The Kier molecular flexibility index (Phi) is 5.59. The van der Waals surface area contributed by atoms with E-state index >= 15 is 0 Å². The first kappa shape index (κ1) is 17.9. The average Bonchev–Trinajstić information content (AvgIpc) is 3.39. The van der Waals surface area contributed by atoms with Crippen LogP contribution < -0.4 is 5.32 Å². The van der Waals surface area contributed by atoms with Crippen LogP contribution in [0, 0.1) is 5.92 Å². The van der Waals surface area contributed by atoms with Crippen molar-refractivity contribution >= 4 is 10.0 Å². The van der Waals surface area contributed by atoms with Gasteiger partial charge in [-0.1, -0.05) is 12.1 Å². The molecule has 2 fully saturated rings. The number of nitrogens with zero attached hydrogens (tertiary/aromatic N) is 2. The van der Waals surface area contributed by atoms with Gasteiger partial charge < -0.3 is 5.32 Å². The molecule has 3 rings (SSSR count). The minimum Gasteiger partial charge on any atom is -0.314 e. The summed E-state index contributed by atoms with van der Waals surface area (Å²) < 4.78 is 25.4. The molecule has 1 N–H and O–H groups in total. The number of likely N-dealkylation sites (tertiary alicyclic amines) is 1. The SMILES string of the molecule is CN(C)S(=O)(=O)c1ccc(CN2CCC(NCC3CC3)CC2)cc1. The maximum Gasteiger partial charge on any atom is 0.242 e. The summed E-state index contributed by atoms with van der Waals surface area (Å²) in [6.07, 6.45) is 5.23. The van der Waals surface area contributed by atoms with Gasteiger partial charge in [0.2, 0.25) is 10.0 Å². The zero-order chi connectivity index (χ0) is 17.2. The van der Waals surface area contributed by atoms with Crippen LogP contribution in [0.1, 0.15) is 31.2 Å². The molecule has 134 valence electrons. The van der Waals surface area contributed by atoms with E-state index in [1.807, 2.05) is 12.1 Å². The van der Waals surface area contributed by atoms with Crippen molar-refractivity contribution < 1.29 is 8.42 Å². The zero-order valence-corrected chi connectivity index (χ0v) is 15.6. The molecule has 1 saturated heterocycles. The largest absolute Gasteiger partial charge is 0.314 e. The Bertz CT molecular complexity index is 631. The van der Waals surface area contributed by atoms with Crippen LogP contribution in [0.15, 0.2) is 29.2 Å². The molecule has 0 aromatic heterocycles. The fourth-order valence-electron chi connectivity index (χ4n) is 3.19. The highest BCUT2D eigenvalue weighted by Gasteiger charge is 2.24. The monoisotopic (exact) mass is 351 g/mol. The number of benzene rings is 1. The second-order valence-electron chi connectivity index (χ2n) is 7.33. The lowest BCUT2D eigenvalue weighted by Gasteiger charge is -2.32. The fourth-order valence-corrected chi connectivity index (χ4v) is 4.09. The molecule has 2 aliphatic rings. The van der Waals surface area contributed by atoms with Gasteiger partial charge in [0.25, 0.3) is 0 Å². The van der Waals surface area contributed by atoms with Crippen LogP contribution in [0.5, 0.6) is 0 Å². The number of sulfonamides is 1. The van der Waals surface area contributed by atoms with Gasteiger partial charge in [-0.25, -0.2) is 12.7 Å². The summed E-state index contributed by atoms with van der Waals surface area (Å²) in [5.74, 6) is 0.944. The van der Waals surface area contributed by atoms with Crippen LogP contribution in [-0.4, -0.2) is 57.4 Å². The molecule has 1 aromatic carbocycles. The van der Waals surface area contributed by atoms with Crippen molar-refractivity contribution in [2.24, 2.45) is 5.92 Å². The van der Waals surface area contributed by atoms with Crippen molar-refractivity contribution in [2.75, 3.05) is 33.7 Å². The molecule has 1 aromatic rings. The van der Waals surface area contributed by atoms with Crippen LogP contribution in [0.25, 0.3) is 0 Å². The summed E-state index contributed by atoms with van der Waals surface area (Å²) in [5, 5.41) is 3.70. The van der Waals surface area contributed by atoms with Gasteiger partial charge in [0.1, 0.15) is 0 Å². The highest BCUT2D eigenvalue weighted by molar-refractivity contribution is 7.89. The summed E-state index contributed by atoms with van der Waals surface area (Å²) in [5.41, 5.74) is 1.18. The summed E-state index contributed by atoms with van der Waals surface area (Å²) in [4.78, 5) is 2.82. The Labute approximate surface area is 146 Å². The molecular weight excluding hydrogens is 322 g/mol. The molecular formula is C18H29N3O2S. The number of hydrogen-bond acceptors (Lipinski definition) is 4. The normalized spacial score (nSPS) is 20.6. The molecule has 0 atom stereocenters. The predicted molar refractivity (Wildman–Crippen MR) is 96.3 cm³/mol. The lowest BCUT2D eigenvalue weighted by Crippen LogP contribution is -2.42. The fraction of sp³-hybridized carbons (Fsp3) is 0.667. The summed E-state index contributed by atoms with van der Waals surface area (Å²) in [6.45, 7) is 4.32. The Balaban J connectivity index is 1.48. The van der Waals surface area contributed by atoms with Crippen LogP contribution in [0.4, 0.5) is 0 Å². The zero-order valence-electron chi connectivity index (χ0n) is 14.7. The predicted octanol–water partition coefficient (Wildman–Crippen LogP) is 1.90. The van der Waals surface area contributed by atoms with E-state index in [2.05, 4.69) is 10.2 Å². The highest BCUT2D eigenvalue weighted by atomic mass is 32.2. The third-order valence-corrected chi connectivity index (χ3v) is 6.92. The number of hydrogen-bond donors (Lipinski definition) is 1. The smallest absolute Gasteiger partial charge is 0.242 e. The van der Waals surface area contributed by atoms with E-state index in [9.17, 15) is 8.42 Å². The van der Waals surface area contributed by atoms with Crippen molar-refractivity contribution in [1.29, 1.82) is 0 Å². The van der Waals surface area contributed by atoms with Gasteiger partial charge in [-0.3, -0.25) is 4.90 Å². The van der Waals surface area contributed by atoms with Crippen molar-refractivity contribution in [3.63, 3.8) is 0 Å². The number of piperidine rings is 1. The quantitative estimate of drug-likeness (QED) is 0.815. The van der Waals surface area contributed by atoms with Gasteiger partial charge in [-0.2, -0.15) is 0 Å². The van der Waals surface area contributed by atoms with Crippen LogP contribution in [0.2, 0.25) is 0 Å². The molecule has 0 radical (unpaired) electrons. The molecule has 1 saturated carbocycles. The lowest BCUT2D eigenvalue weighted by atomic mass is 10.0. The minimum atomic E-state index is -3.33. The van der Waals surface area contributed by atoms with E-state index in [0.717, 1.165) is 25.6 Å². The van der Waals surface area contributed by atoms with Crippen LogP contribution >= 0.6 is 0 Å². The number of nitrogens with one attached hydrogen (secondary N) is 1. The van der Waals surface area contributed by atoms with Gasteiger partial charge in [-0.15, -0.1) is 0 Å². The molecule has 6 heteroatoms. The summed E-state index contributed by atoms with van der Waals surface area (Å²) in [6, 6.07) is 7.99. The van der Waals surface area contributed by atoms with Crippen LogP contribution in [-0.2, 0) is 16.6 Å². The maximum atomic E-state index is 12.1. The highest BCUT2D eigenvalue weighted by Crippen LogP contribution is 2.28. The molecule has 24 heavy (non-hydrogen) atoms. The van der Waals surface area contributed by atoms with Gasteiger partial charge in [0.05, 0.1) is 4.90 Å². The molecule has 0 bridgehead atoms. The maximum absolute atomic E-state index is 12.1. The van der Waals surface area contributed by atoms with E-state index in [1.54, 1.807) is 26.2 Å². The third-order valence-electron chi connectivity index (χ3n) is 5.09. The number of rotatable bonds is 7. The van der Waals surface area contributed by atoms with E-state index < -0.39 is 10.0 Å². The van der Waals surface area contributed by atoms with E-state index in [1.165, 1.54) is 42.1 Å². The van der Waals surface area contributed by atoms with Gasteiger partial charge in [0, 0.05) is 26.7 Å². The Morgan fingerprint density at radius 2 is 1.71 bits per heavy atom. The standard InChI is InChI=1S/C18H29N3O2S/c1-20(2)24(22,23)18-7-5-16(6-8-18)14-21-11-9-17(10-12-21)19-13-15-3-4-15/h5-8,15,17,19H,3-4,9-14H2,1-2H3. The average molecular weight is 352 g/mol. The summed E-state index contributed by atoms with van der Waals surface area (Å²) in [7, 11) is -0.211. The first-order chi connectivity index (χ1) is 11.4. The van der Waals surface area contributed by atoms with Crippen LogP contribution in [0.3, 0.4) is 0 Å². The first-order valence-electron chi connectivity index (χ1n) is 8.92. The van der Waals surface area contributed by atoms with E-state index in [-0.39, 0.29) is 0 Å². The molecule has 0 spiro atoms. The van der Waals surface area contributed by atoms with Crippen molar-refractivity contribution in [3.8, 4) is 0 Å². The molecule has 1 aliphatic heterocycles. The molecule has 1 aliphatic carbocycles. The van der Waals surface area contributed by atoms with Crippen molar-refractivity contribution in [2.45, 2.75) is 43.2 Å². The summed E-state index contributed by atoms with van der Waals surface area (Å²) >= 11 is 0. The van der Waals surface area contributed by atoms with E-state index in [0.29, 0.717) is 10.9 Å². The second kappa shape index (κ2) is 7.52. The Morgan fingerprint density at radius 3 is 2.25 bits per heavy atom. The molecule has 5 nitrogen and oxygen atoms in total. The minimum absolute atomic E-state index is 0.360. The van der Waals surface area contributed by atoms with Crippen molar-refractivity contribution in [1.82, 2.24) is 14.5 Å². The Hall–Kier alpha value is -0.950. The molecule has 0 amide bonds. The molecule has 0 unspecified atom stereocenters. The molecule has 1 heterocycles. The third kappa shape index (κ3) is 4.57. The first-order valence-corrected chi connectivity index (χ1v) is 10.4. The van der Waals surface area contributed by atoms with Gasteiger partial charge in [-0.05, 0) is 68.9 Å².